The number of rotatable bonds is 3. The van der Waals surface area contributed by atoms with Gasteiger partial charge in [-0.25, -0.2) is 4.68 Å². The summed E-state index contributed by atoms with van der Waals surface area (Å²) in [6, 6.07) is 11.4. The number of benzene rings is 1. The van der Waals surface area contributed by atoms with Crippen LogP contribution in [0.4, 0.5) is 11.6 Å². The van der Waals surface area contributed by atoms with Gasteiger partial charge in [0.1, 0.15) is 17.1 Å². The van der Waals surface area contributed by atoms with Crippen LogP contribution in [0.25, 0.3) is 5.00 Å². The van der Waals surface area contributed by atoms with E-state index >= 15 is 0 Å². The average Bonchev–Trinajstić information content (AvgIpc) is 2.99. The molecule has 0 radical (unpaired) electrons. The molecule has 18 heavy (non-hydrogen) atoms. The van der Waals surface area contributed by atoms with Crippen molar-refractivity contribution in [1.29, 1.82) is 0 Å². The number of nitrogens with one attached hydrogen (secondary N) is 1. The van der Waals surface area contributed by atoms with E-state index < -0.39 is 0 Å². The van der Waals surface area contributed by atoms with Crippen molar-refractivity contribution in [2.45, 2.75) is 0 Å². The largest absolute Gasteiger partial charge is 0.507 e. The Kier molecular flexibility index (Phi) is 2.70. The predicted molar refractivity (Wildman–Crippen MR) is 70.6 cm³/mol. The van der Waals surface area contributed by atoms with Gasteiger partial charge in [-0.1, -0.05) is 18.2 Å². The number of anilines is 2. The van der Waals surface area contributed by atoms with Crippen molar-refractivity contribution in [3.8, 4) is 10.8 Å². The maximum Gasteiger partial charge on any atom is 0.246 e. The molecule has 5 nitrogen and oxygen atoms in total. The lowest BCUT2D eigenvalue weighted by Gasteiger charge is -1.99. The van der Waals surface area contributed by atoms with Gasteiger partial charge in [0.25, 0.3) is 0 Å². The summed E-state index contributed by atoms with van der Waals surface area (Å²) in [5.41, 5.74) is 0.935. The minimum Gasteiger partial charge on any atom is -0.507 e. The van der Waals surface area contributed by atoms with E-state index in [9.17, 15) is 5.11 Å². The topological polar surface area (TPSA) is 63.0 Å². The van der Waals surface area contributed by atoms with Gasteiger partial charge in [0, 0.05) is 17.1 Å². The van der Waals surface area contributed by atoms with Crippen molar-refractivity contribution in [1.82, 2.24) is 14.8 Å². The van der Waals surface area contributed by atoms with Gasteiger partial charge in [-0.2, -0.15) is 4.98 Å². The van der Waals surface area contributed by atoms with E-state index in [1.54, 1.807) is 22.5 Å². The van der Waals surface area contributed by atoms with Crippen LogP contribution in [0.5, 0.6) is 5.75 Å². The third-order valence-electron chi connectivity index (χ3n) is 2.32. The summed E-state index contributed by atoms with van der Waals surface area (Å²) in [5, 5.41) is 19.1. The fraction of sp³-hybridized carbons (Fsp3) is 0. The van der Waals surface area contributed by atoms with Crippen LogP contribution < -0.4 is 5.32 Å². The zero-order valence-corrected chi connectivity index (χ0v) is 10.1. The first-order chi connectivity index (χ1) is 8.81. The lowest BCUT2D eigenvalue weighted by atomic mass is 10.3. The van der Waals surface area contributed by atoms with Crippen molar-refractivity contribution >= 4 is 23.0 Å². The van der Waals surface area contributed by atoms with Gasteiger partial charge in [0.05, 0.1) is 0 Å². The molecule has 0 aliphatic carbocycles. The van der Waals surface area contributed by atoms with Crippen LogP contribution in [-0.4, -0.2) is 19.9 Å². The minimum atomic E-state index is 0.239. The van der Waals surface area contributed by atoms with Crippen LogP contribution in [0.3, 0.4) is 0 Å². The summed E-state index contributed by atoms with van der Waals surface area (Å²) in [6.45, 7) is 0. The highest BCUT2D eigenvalue weighted by Crippen LogP contribution is 2.23. The van der Waals surface area contributed by atoms with Crippen LogP contribution in [0.2, 0.25) is 0 Å². The summed E-state index contributed by atoms with van der Waals surface area (Å²) < 4.78 is 1.62. The predicted octanol–water partition coefficient (Wildman–Crippen LogP) is 2.78. The lowest BCUT2D eigenvalue weighted by Crippen LogP contribution is -1.95. The van der Waals surface area contributed by atoms with E-state index in [0.717, 1.165) is 10.7 Å². The normalized spacial score (nSPS) is 10.4. The van der Waals surface area contributed by atoms with Gasteiger partial charge < -0.3 is 10.4 Å². The number of thiophene rings is 1. The number of hydrogen-bond donors (Lipinski definition) is 2. The van der Waals surface area contributed by atoms with E-state index in [1.165, 1.54) is 11.3 Å². The highest BCUT2D eigenvalue weighted by Gasteiger charge is 2.05. The Balaban J connectivity index is 1.82. The average molecular weight is 258 g/mol. The summed E-state index contributed by atoms with van der Waals surface area (Å²) in [6.07, 6.45) is 1.61. The Morgan fingerprint density at radius 2 is 2.06 bits per heavy atom. The highest BCUT2D eigenvalue weighted by molar-refractivity contribution is 7.12. The maximum atomic E-state index is 9.29. The third-order valence-corrected chi connectivity index (χ3v) is 3.23. The molecule has 0 amide bonds. The molecule has 0 spiro atoms. The third kappa shape index (κ3) is 2.18. The molecule has 90 valence electrons. The molecule has 2 heterocycles. The fourth-order valence-electron chi connectivity index (χ4n) is 1.51. The fourth-order valence-corrected chi connectivity index (χ4v) is 2.21. The molecular weight excluding hydrogens is 248 g/mol. The molecule has 0 aliphatic heterocycles. The van der Waals surface area contributed by atoms with Gasteiger partial charge in [0.2, 0.25) is 5.95 Å². The Labute approximate surface area is 107 Å². The molecule has 0 aliphatic rings. The van der Waals surface area contributed by atoms with Crippen molar-refractivity contribution in [3.63, 3.8) is 0 Å². The molecule has 3 rings (SSSR count). The summed E-state index contributed by atoms with van der Waals surface area (Å²) in [7, 11) is 0. The molecule has 0 saturated heterocycles. The molecule has 3 aromatic rings. The van der Waals surface area contributed by atoms with Crippen molar-refractivity contribution in [3.05, 3.63) is 48.1 Å². The zero-order chi connectivity index (χ0) is 12.4. The van der Waals surface area contributed by atoms with Crippen LogP contribution in [0.15, 0.2) is 48.1 Å². The lowest BCUT2D eigenvalue weighted by molar-refractivity contribution is 0.477. The van der Waals surface area contributed by atoms with Crippen molar-refractivity contribution in [2.75, 3.05) is 5.32 Å². The first kappa shape index (κ1) is 10.8. The van der Waals surface area contributed by atoms with Crippen LogP contribution in [-0.2, 0) is 0 Å². The molecule has 2 aromatic heterocycles. The van der Waals surface area contributed by atoms with Crippen molar-refractivity contribution in [2.24, 2.45) is 0 Å². The first-order valence-electron chi connectivity index (χ1n) is 5.33. The molecule has 6 heteroatoms. The second kappa shape index (κ2) is 4.50. The Morgan fingerprint density at radius 1 is 1.22 bits per heavy atom. The quantitative estimate of drug-likeness (QED) is 0.758. The van der Waals surface area contributed by atoms with Gasteiger partial charge >= 0.3 is 0 Å². The second-order valence-electron chi connectivity index (χ2n) is 3.65. The first-order valence-corrected chi connectivity index (χ1v) is 6.21. The summed E-state index contributed by atoms with van der Waals surface area (Å²) in [5.74, 6) is 0.761. The van der Waals surface area contributed by atoms with Crippen molar-refractivity contribution < 1.29 is 5.11 Å². The standard InChI is InChI=1S/C12H10N4OS/c17-10-6-11(18-7-10)16-8-13-12(15-16)14-9-4-2-1-3-5-9/h1-8,17H,(H,14,15). The van der Waals surface area contributed by atoms with Gasteiger partial charge in [-0.05, 0) is 12.1 Å². The van der Waals surface area contributed by atoms with Crippen LogP contribution in [0, 0.1) is 0 Å². The Hall–Kier alpha value is -2.34. The summed E-state index contributed by atoms with van der Waals surface area (Å²) in [4.78, 5) is 4.16. The molecule has 0 saturated carbocycles. The number of aromatic hydroxyl groups is 1. The second-order valence-corrected chi connectivity index (χ2v) is 4.54. The number of hydrogen-bond acceptors (Lipinski definition) is 5. The monoisotopic (exact) mass is 258 g/mol. The molecule has 0 atom stereocenters. The summed E-state index contributed by atoms with van der Waals surface area (Å²) >= 11 is 1.40. The molecule has 1 aromatic carbocycles. The van der Waals surface area contributed by atoms with Gasteiger partial charge in [-0.3, -0.25) is 0 Å². The minimum absolute atomic E-state index is 0.239. The highest BCUT2D eigenvalue weighted by atomic mass is 32.1. The number of aromatic nitrogens is 3. The van der Waals surface area contributed by atoms with Crippen LogP contribution >= 0.6 is 11.3 Å². The van der Waals surface area contributed by atoms with Gasteiger partial charge in [-0.15, -0.1) is 16.4 Å². The SMILES string of the molecule is Oc1csc(-n2cnc(Nc3ccccc3)n2)c1. The number of para-hydroxylation sites is 1. The van der Waals surface area contributed by atoms with E-state index in [-0.39, 0.29) is 5.75 Å². The van der Waals surface area contributed by atoms with E-state index in [4.69, 9.17) is 0 Å². The zero-order valence-electron chi connectivity index (χ0n) is 9.32. The molecule has 0 unspecified atom stereocenters. The molecule has 0 bridgehead atoms. The van der Waals surface area contributed by atoms with E-state index in [2.05, 4.69) is 15.4 Å². The smallest absolute Gasteiger partial charge is 0.246 e. The van der Waals surface area contributed by atoms with Crippen LogP contribution in [0.1, 0.15) is 0 Å². The van der Waals surface area contributed by atoms with Gasteiger partial charge in [0.15, 0.2) is 0 Å². The molecule has 0 fully saturated rings. The Morgan fingerprint density at radius 3 is 2.78 bits per heavy atom. The maximum absolute atomic E-state index is 9.29. The molecule has 2 N–H and O–H groups in total. The Bertz CT molecular complexity index is 647. The van der Waals surface area contributed by atoms with E-state index in [0.29, 0.717) is 5.95 Å². The van der Waals surface area contributed by atoms with E-state index in [1.807, 2.05) is 30.3 Å². The molecular formula is C12H10N4OS. The number of nitrogens with zero attached hydrogens (tertiary/aromatic N) is 3.